The summed E-state index contributed by atoms with van der Waals surface area (Å²) in [7, 11) is 0. The topological polar surface area (TPSA) is 73.4 Å². The number of amides is 2. The molecule has 0 heterocycles. The maximum absolute atomic E-state index is 11.1. The first-order chi connectivity index (χ1) is 7.16. The third-order valence-electron chi connectivity index (χ3n) is 1.84. The minimum absolute atomic E-state index is 0.123. The monoisotopic (exact) mass is 217 g/mol. The maximum atomic E-state index is 11.1. The third kappa shape index (κ3) is 11.1. The molecular formula is C10H23N3O2. The first-order valence-electron chi connectivity index (χ1n) is 5.57. The molecule has 90 valence electrons. The van der Waals surface area contributed by atoms with Crippen LogP contribution in [0.5, 0.6) is 0 Å². The van der Waals surface area contributed by atoms with Crippen LogP contribution in [0.1, 0.15) is 26.7 Å². The number of carbonyl (C=O) groups excluding carboxylic acids is 1. The fourth-order valence-electron chi connectivity index (χ4n) is 1.02. The number of urea groups is 1. The molecule has 1 unspecified atom stereocenters. The molecule has 0 bridgehead atoms. The number of nitrogens with one attached hydrogen (secondary N) is 3. The van der Waals surface area contributed by atoms with Gasteiger partial charge in [0.25, 0.3) is 0 Å². The molecule has 0 aromatic heterocycles. The second kappa shape index (κ2) is 9.73. The maximum Gasteiger partial charge on any atom is 0.314 e. The highest BCUT2D eigenvalue weighted by molar-refractivity contribution is 5.73. The van der Waals surface area contributed by atoms with Gasteiger partial charge in [-0.2, -0.15) is 0 Å². The summed E-state index contributed by atoms with van der Waals surface area (Å²) < 4.78 is 0. The molecule has 0 radical (unpaired) electrons. The van der Waals surface area contributed by atoms with Crippen molar-refractivity contribution in [2.45, 2.75) is 32.8 Å². The lowest BCUT2D eigenvalue weighted by atomic mass is 10.3. The molecule has 5 heteroatoms. The van der Waals surface area contributed by atoms with Gasteiger partial charge < -0.3 is 21.1 Å². The van der Waals surface area contributed by atoms with Crippen LogP contribution in [0.4, 0.5) is 4.79 Å². The van der Waals surface area contributed by atoms with E-state index in [0.29, 0.717) is 19.6 Å². The van der Waals surface area contributed by atoms with E-state index in [0.717, 1.165) is 19.4 Å². The van der Waals surface area contributed by atoms with Crippen molar-refractivity contribution in [2.24, 2.45) is 0 Å². The molecule has 0 fully saturated rings. The number of hydrogen-bond acceptors (Lipinski definition) is 3. The highest BCUT2D eigenvalue weighted by Crippen LogP contribution is 1.81. The van der Waals surface area contributed by atoms with Crippen LogP contribution in [-0.2, 0) is 0 Å². The van der Waals surface area contributed by atoms with Crippen LogP contribution >= 0.6 is 0 Å². The van der Waals surface area contributed by atoms with Gasteiger partial charge in [-0.05, 0) is 13.3 Å². The smallest absolute Gasteiger partial charge is 0.314 e. The van der Waals surface area contributed by atoms with Crippen molar-refractivity contribution in [1.29, 1.82) is 0 Å². The molecule has 0 rings (SSSR count). The zero-order valence-electron chi connectivity index (χ0n) is 9.68. The van der Waals surface area contributed by atoms with E-state index in [1.54, 1.807) is 6.92 Å². The zero-order valence-corrected chi connectivity index (χ0v) is 9.68. The van der Waals surface area contributed by atoms with E-state index in [2.05, 4.69) is 22.9 Å². The molecule has 0 aromatic carbocycles. The standard InChI is InChI=1S/C10H23N3O2/c1-3-4-5-12-10(15)13-7-6-11-8-9(2)14/h9,11,14H,3-8H2,1-2H3,(H2,12,13,15). The molecule has 0 aliphatic rings. The third-order valence-corrected chi connectivity index (χ3v) is 1.84. The van der Waals surface area contributed by atoms with Crippen LogP contribution in [0.3, 0.4) is 0 Å². The van der Waals surface area contributed by atoms with E-state index in [-0.39, 0.29) is 12.1 Å². The summed E-state index contributed by atoms with van der Waals surface area (Å²) in [6.07, 6.45) is 1.74. The number of hydrogen-bond donors (Lipinski definition) is 4. The Balaban J connectivity index is 3.17. The molecular weight excluding hydrogens is 194 g/mol. The summed E-state index contributed by atoms with van der Waals surface area (Å²) in [6.45, 7) is 6.33. The molecule has 0 aromatic rings. The summed E-state index contributed by atoms with van der Waals surface area (Å²) in [5.41, 5.74) is 0. The molecule has 0 saturated carbocycles. The summed E-state index contributed by atoms with van der Waals surface area (Å²) in [6, 6.07) is -0.123. The Labute approximate surface area is 91.6 Å². The number of unbranched alkanes of at least 4 members (excludes halogenated alkanes) is 1. The highest BCUT2D eigenvalue weighted by Gasteiger charge is 1.98. The zero-order chi connectivity index (χ0) is 11.5. The van der Waals surface area contributed by atoms with Crippen molar-refractivity contribution in [2.75, 3.05) is 26.2 Å². The van der Waals surface area contributed by atoms with Crippen LogP contribution < -0.4 is 16.0 Å². The Hall–Kier alpha value is -0.810. The fraction of sp³-hybridized carbons (Fsp3) is 0.900. The van der Waals surface area contributed by atoms with Crippen molar-refractivity contribution < 1.29 is 9.90 Å². The Morgan fingerprint density at radius 2 is 1.93 bits per heavy atom. The van der Waals surface area contributed by atoms with E-state index in [4.69, 9.17) is 5.11 Å². The van der Waals surface area contributed by atoms with E-state index >= 15 is 0 Å². The molecule has 2 amide bonds. The largest absolute Gasteiger partial charge is 0.392 e. The molecule has 4 N–H and O–H groups in total. The second-order valence-electron chi connectivity index (χ2n) is 3.59. The van der Waals surface area contributed by atoms with E-state index < -0.39 is 0 Å². The quantitative estimate of drug-likeness (QED) is 0.434. The highest BCUT2D eigenvalue weighted by atomic mass is 16.3. The van der Waals surface area contributed by atoms with E-state index in [9.17, 15) is 4.79 Å². The number of aliphatic hydroxyl groups excluding tert-OH is 1. The minimum atomic E-state index is -0.344. The van der Waals surface area contributed by atoms with Gasteiger partial charge in [0, 0.05) is 26.2 Å². The second-order valence-corrected chi connectivity index (χ2v) is 3.59. The number of rotatable bonds is 8. The Morgan fingerprint density at radius 1 is 1.27 bits per heavy atom. The molecule has 0 spiro atoms. The van der Waals surface area contributed by atoms with Gasteiger partial charge in [0.05, 0.1) is 6.10 Å². The van der Waals surface area contributed by atoms with Gasteiger partial charge in [-0.1, -0.05) is 13.3 Å². The predicted octanol–water partition coefficient (Wildman–Crippen LogP) is 0.0561. The molecule has 5 nitrogen and oxygen atoms in total. The van der Waals surface area contributed by atoms with Crippen molar-refractivity contribution in [3.05, 3.63) is 0 Å². The first kappa shape index (κ1) is 14.2. The summed E-state index contributed by atoms with van der Waals surface area (Å²) >= 11 is 0. The molecule has 0 saturated heterocycles. The van der Waals surface area contributed by atoms with E-state index in [1.807, 2.05) is 0 Å². The number of aliphatic hydroxyl groups is 1. The van der Waals surface area contributed by atoms with Crippen molar-refractivity contribution in [3.8, 4) is 0 Å². The Kier molecular flexibility index (Phi) is 9.21. The van der Waals surface area contributed by atoms with Gasteiger partial charge in [0.1, 0.15) is 0 Å². The number of carbonyl (C=O) groups is 1. The van der Waals surface area contributed by atoms with Crippen molar-refractivity contribution in [1.82, 2.24) is 16.0 Å². The van der Waals surface area contributed by atoms with Crippen LogP contribution in [0.2, 0.25) is 0 Å². The lowest BCUT2D eigenvalue weighted by molar-refractivity contribution is 0.191. The van der Waals surface area contributed by atoms with Gasteiger partial charge in [-0.25, -0.2) is 4.79 Å². The minimum Gasteiger partial charge on any atom is -0.392 e. The SMILES string of the molecule is CCCCNC(=O)NCCNCC(C)O. The van der Waals surface area contributed by atoms with Crippen molar-refractivity contribution in [3.63, 3.8) is 0 Å². The molecule has 1 atom stereocenters. The van der Waals surface area contributed by atoms with Crippen LogP contribution in [-0.4, -0.2) is 43.4 Å². The lowest BCUT2D eigenvalue weighted by Gasteiger charge is -2.08. The fourth-order valence-corrected chi connectivity index (χ4v) is 1.02. The predicted molar refractivity (Wildman–Crippen MR) is 60.9 cm³/mol. The summed E-state index contributed by atoms with van der Waals surface area (Å²) in [5, 5.41) is 17.4. The van der Waals surface area contributed by atoms with Crippen LogP contribution in [0.15, 0.2) is 0 Å². The Morgan fingerprint density at radius 3 is 2.53 bits per heavy atom. The summed E-state index contributed by atoms with van der Waals surface area (Å²) in [4.78, 5) is 11.1. The Bertz CT molecular complexity index is 163. The normalized spacial score (nSPS) is 12.2. The van der Waals surface area contributed by atoms with Gasteiger partial charge in [-0.3, -0.25) is 0 Å². The van der Waals surface area contributed by atoms with Gasteiger partial charge in [0.2, 0.25) is 0 Å². The van der Waals surface area contributed by atoms with Gasteiger partial charge in [-0.15, -0.1) is 0 Å². The molecule has 0 aliphatic carbocycles. The lowest BCUT2D eigenvalue weighted by Crippen LogP contribution is -2.40. The van der Waals surface area contributed by atoms with E-state index in [1.165, 1.54) is 0 Å². The van der Waals surface area contributed by atoms with Crippen molar-refractivity contribution >= 4 is 6.03 Å². The summed E-state index contributed by atoms with van der Waals surface area (Å²) in [5.74, 6) is 0. The van der Waals surface area contributed by atoms with Gasteiger partial charge >= 0.3 is 6.03 Å². The average molecular weight is 217 g/mol. The average Bonchev–Trinajstić information content (AvgIpc) is 2.17. The first-order valence-corrected chi connectivity index (χ1v) is 5.57. The molecule has 0 aliphatic heterocycles. The molecule has 15 heavy (non-hydrogen) atoms. The van der Waals surface area contributed by atoms with Crippen LogP contribution in [0, 0.1) is 0 Å². The van der Waals surface area contributed by atoms with Crippen LogP contribution in [0.25, 0.3) is 0 Å². The van der Waals surface area contributed by atoms with Gasteiger partial charge in [0.15, 0.2) is 0 Å².